The fourth-order valence-corrected chi connectivity index (χ4v) is 4.65. The number of amides is 1. The summed E-state index contributed by atoms with van der Waals surface area (Å²) in [5, 5.41) is 3.10. The Balaban J connectivity index is 1.98. The summed E-state index contributed by atoms with van der Waals surface area (Å²) in [4.78, 5) is 12.7. The second kappa shape index (κ2) is 10.1. The molecule has 33 heavy (non-hydrogen) atoms. The van der Waals surface area contributed by atoms with Gasteiger partial charge in [-0.2, -0.15) is 0 Å². The zero-order valence-electron chi connectivity index (χ0n) is 18.1. The van der Waals surface area contributed by atoms with E-state index in [0.717, 1.165) is 22.0 Å². The van der Waals surface area contributed by atoms with Gasteiger partial charge in [0.05, 0.1) is 24.8 Å². The number of nitrogens with one attached hydrogen (secondary N) is 1. The SMILES string of the molecule is COc1ccc(S(=O)(=O)N(CC(=O)Nc2ccc(C)c(Cl)c2)c2ccc(F)cc2)cc1OC. The Kier molecular flexibility index (Phi) is 7.45. The number of anilines is 2. The average molecular weight is 493 g/mol. The molecule has 0 spiro atoms. The molecule has 0 bridgehead atoms. The summed E-state index contributed by atoms with van der Waals surface area (Å²) in [5.41, 5.74) is 1.36. The highest BCUT2D eigenvalue weighted by Gasteiger charge is 2.28. The van der Waals surface area contributed by atoms with Crippen molar-refractivity contribution in [1.82, 2.24) is 0 Å². The predicted molar refractivity (Wildman–Crippen MR) is 125 cm³/mol. The lowest BCUT2D eigenvalue weighted by Gasteiger charge is -2.24. The van der Waals surface area contributed by atoms with Gasteiger partial charge < -0.3 is 14.8 Å². The van der Waals surface area contributed by atoms with Crippen LogP contribution in [0.1, 0.15) is 5.56 Å². The van der Waals surface area contributed by atoms with Crippen molar-refractivity contribution in [2.24, 2.45) is 0 Å². The Morgan fingerprint density at radius 1 is 1.00 bits per heavy atom. The van der Waals surface area contributed by atoms with Gasteiger partial charge in [0.2, 0.25) is 5.91 Å². The first-order valence-corrected chi connectivity index (χ1v) is 11.5. The van der Waals surface area contributed by atoms with Crippen LogP contribution in [0.3, 0.4) is 0 Å². The number of benzene rings is 3. The molecule has 174 valence electrons. The third-order valence-corrected chi connectivity index (χ3v) is 6.98. The molecule has 0 saturated carbocycles. The number of hydrogen-bond donors (Lipinski definition) is 1. The van der Waals surface area contributed by atoms with Gasteiger partial charge in [-0.1, -0.05) is 17.7 Å². The van der Waals surface area contributed by atoms with Crippen molar-refractivity contribution in [3.05, 3.63) is 77.1 Å². The minimum Gasteiger partial charge on any atom is -0.493 e. The van der Waals surface area contributed by atoms with Crippen molar-refractivity contribution in [3.63, 3.8) is 0 Å². The van der Waals surface area contributed by atoms with Gasteiger partial charge in [0.1, 0.15) is 12.4 Å². The first-order chi connectivity index (χ1) is 15.6. The Hall–Kier alpha value is -3.30. The van der Waals surface area contributed by atoms with Crippen LogP contribution in [0.5, 0.6) is 11.5 Å². The van der Waals surface area contributed by atoms with Gasteiger partial charge in [-0.25, -0.2) is 12.8 Å². The first-order valence-electron chi connectivity index (χ1n) is 9.72. The molecule has 0 heterocycles. The lowest BCUT2D eigenvalue weighted by Crippen LogP contribution is -2.38. The third kappa shape index (κ3) is 5.55. The Bertz CT molecular complexity index is 1270. The molecule has 0 aliphatic rings. The summed E-state index contributed by atoms with van der Waals surface area (Å²) >= 11 is 6.10. The van der Waals surface area contributed by atoms with Crippen molar-refractivity contribution in [3.8, 4) is 11.5 Å². The number of ether oxygens (including phenoxy) is 2. The van der Waals surface area contributed by atoms with Gasteiger partial charge in [-0.05, 0) is 61.0 Å². The van der Waals surface area contributed by atoms with Crippen molar-refractivity contribution in [1.29, 1.82) is 0 Å². The quantitative estimate of drug-likeness (QED) is 0.495. The van der Waals surface area contributed by atoms with E-state index in [1.54, 1.807) is 18.2 Å². The summed E-state index contributed by atoms with van der Waals surface area (Å²) in [5.74, 6) is -0.598. The van der Waals surface area contributed by atoms with Crippen LogP contribution >= 0.6 is 11.6 Å². The van der Waals surface area contributed by atoms with Gasteiger partial charge in [0, 0.05) is 16.8 Å². The maximum absolute atomic E-state index is 13.5. The van der Waals surface area contributed by atoms with Crippen molar-refractivity contribution >= 4 is 38.9 Å². The molecule has 0 aromatic heterocycles. The number of carbonyl (C=O) groups is 1. The fourth-order valence-electron chi connectivity index (χ4n) is 3.03. The van der Waals surface area contributed by atoms with Crippen molar-refractivity contribution in [2.75, 3.05) is 30.4 Å². The topological polar surface area (TPSA) is 84.9 Å². The number of halogens is 2. The van der Waals surface area contributed by atoms with Gasteiger partial charge in [-0.3, -0.25) is 9.10 Å². The lowest BCUT2D eigenvalue weighted by molar-refractivity contribution is -0.114. The molecule has 7 nitrogen and oxygen atoms in total. The van der Waals surface area contributed by atoms with Crippen molar-refractivity contribution < 1.29 is 27.1 Å². The molecule has 0 fully saturated rings. The minimum absolute atomic E-state index is 0.114. The largest absolute Gasteiger partial charge is 0.493 e. The molecule has 3 aromatic rings. The average Bonchev–Trinajstić information content (AvgIpc) is 2.80. The fraction of sp³-hybridized carbons (Fsp3) is 0.174. The van der Waals surface area contributed by atoms with E-state index >= 15 is 0 Å². The number of aryl methyl sites for hydroxylation is 1. The van der Waals surface area contributed by atoms with Crippen LogP contribution in [0, 0.1) is 12.7 Å². The highest BCUT2D eigenvalue weighted by atomic mass is 35.5. The van der Waals surface area contributed by atoms with Crippen LogP contribution in [-0.4, -0.2) is 35.1 Å². The number of nitrogens with zero attached hydrogens (tertiary/aromatic N) is 1. The number of methoxy groups -OCH3 is 2. The predicted octanol–water partition coefficient (Wildman–Crippen LogP) is 4.64. The van der Waals surface area contributed by atoms with Crippen LogP contribution in [0.15, 0.2) is 65.6 Å². The smallest absolute Gasteiger partial charge is 0.264 e. The van der Waals surface area contributed by atoms with Gasteiger partial charge in [-0.15, -0.1) is 0 Å². The van der Waals surface area contributed by atoms with E-state index < -0.39 is 28.3 Å². The Labute approximate surface area is 196 Å². The molecule has 1 amide bonds. The molecule has 3 rings (SSSR count). The number of rotatable bonds is 8. The molecule has 0 aliphatic heterocycles. The minimum atomic E-state index is -4.24. The normalized spacial score (nSPS) is 11.1. The third-order valence-electron chi connectivity index (χ3n) is 4.80. The van der Waals surface area contributed by atoms with Crippen molar-refractivity contribution in [2.45, 2.75) is 11.8 Å². The lowest BCUT2D eigenvalue weighted by atomic mass is 10.2. The van der Waals surface area contributed by atoms with Crippen LogP contribution in [0.2, 0.25) is 5.02 Å². The molecule has 0 atom stereocenters. The van der Waals surface area contributed by atoms with Crippen LogP contribution in [0.4, 0.5) is 15.8 Å². The van der Waals surface area contributed by atoms with Gasteiger partial charge >= 0.3 is 0 Å². The number of hydrogen-bond acceptors (Lipinski definition) is 5. The zero-order chi connectivity index (χ0) is 24.2. The summed E-state index contributed by atoms with van der Waals surface area (Å²) < 4.78 is 51.7. The molecule has 0 unspecified atom stereocenters. The summed E-state index contributed by atoms with van der Waals surface area (Å²) in [6.45, 7) is 1.26. The molecule has 0 aliphatic carbocycles. The second-order valence-corrected chi connectivity index (χ2v) is 9.29. The zero-order valence-corrected chi connectivity index (χ0v) is 19.7. The van der Waals surface area contributed by atoms with Gasteiger partial charge in [0.25, 0.3) is 10.0 Å². The molecule has 1 N–H and O–H groups in total. The molecule has 0 saturated heterocycles. The van der Waals surface area contributed by atoms with E-state index in [0.29, 0.717) is 16.5 Å². The molecule has 10 heteroatoms. The first kappa shape index (κ1) is 24.3. The monoisotopic (exact) mass is 492 g/mol. The molecule has 0 radical (unpaired) electrons. The highest BCUT2D eigenvalue weighted by Crippen LogP contribution is 2.32. The Morgan fingerprint density at radius 2 is 1.67 bits per heavy atom. The maximum atomic E-state index is 13.5. The Morgan fingerprint density at radius 3 is 2.27 bits per heavy atom. The van der Waals surface area contributed by atoms with E-state index in [1.165, 1.54) is 44.6 Å². The molecular formula is C23H22ClFN2O5S. The second-order valence-electron chi connectivity index (χ2n) is 7.02. The van der Waals surface area contributed by atoms with Gasteiger partial charge in [0.15, 0.2) is 11.5 Å². The van der Waals surface area contributed by atoms with Crippen LogP contribution in [0.25, 0.3) is 0 Å². The van der Waals surface area contributed by atoms with Crippen LogP contribution in [-0.2, 0) is 14.8 Å². The highest BCUT2D eigenvalue weighted by molar-refractivity contribution is 7.92. The number of sulfonamides is 1. The molecular weight excluding hydrogens is 471 g/mol. The van der Waals surface area contributed by atoms with E-state index in [9.17, 15) is 17.6 Å². The maximum Gasteiger partial charge on any atom is 0.264 e. The summed E-state index contributed by atoms with van der Waals surface area (Å²) in [6, 6.07) is 13.8. The van der Waals surface area contributed by atoms with E-state index in [-0.39, 0.29) is 16.3 Å². The standard InChI is InChI=1S/C23H22ClFN2O5S/c1-15-4-7-17(12-20(15)24)26-23(28)14-27(18-8-5-16(25)6-9-18)33(29,30)19-10-11-21(31-2)22(13-19)32-3/h4-13H,14H2,1-3H3,(H,26,28). The van der Waals surface area contributed by atoms with E-state index in [4.69, 9.17) is 21.1 Å². The van der Waals surface area contributed by atoms with Crippen LogP contribution < -0.4 is 19.1 Å². The number of carbonyl (C=O) groups excluding carboxylic acids is 1. The van der Waals surface area contributed by atoms with E-state index in [2.05, 4.69) is 5.32 Å². The summed E-state index contributed by atoms with van der Waals surface area (Å²) in [7, 11) is -1.43. The summed E-state index contributed by atoms with van der Waals surface area (Å²) in [6.07, 6.45) is 0. The molecule has 3 aromatic carbocycles. The van der Waals surface area contributed by atoms with E-state index in [1.807, 2.05) is 6.92 Å².